The lowest BCUT2D eigenvalue weighted by Gasteiger charge is -2.19. The van der Waals surface area contributed by atoms with Gasteiger partial charge in [-0.05, 0) is 59.3 Å². The number of furan rings is 1. The molecule has 0 aliphatic rings. The maximum absolute atomic E-state index is 13.5. The maximum Gasteiger partial charge on any atom is 0.294 e. The summed E-state index contributed by atoms with van der Waals surface area (Å²) in [6.45, 7) is 0.708. The summed E-state index contributed by atoms with van der Waals surface area (Å²) in [5.74, 6) is 0.619. The van der Waals surface area contributed by atoms with Gasteiger partial charge in [-0.3, -0.25) is 4.79 Å². The van der Waals surface area contributed by atoms with Crippen molar-refractivity contribution >= 4 is 28.6 Å². The number of halogens is 1. The molecule has 0 unspecified atom stereocenters. The van der Waals surface area contributed by atoms with Crippen LogP contribution in [0.2, 0.25) is 0 Å². The minimum Gasteiger partial charge on any atom is -0.467 e. The number of amides is 1. The Labute approximate surface area is 191 Å². The van der Waals surface area contributed by atoms with Crippen LogP contribution in [0.25, 0.3) is 16.4 Å². The molecular formula is C23H17FN4O2S2. The fourth-order valence-corrected chi connectivity index (χ4v) is 4.67. The molecule has 4 heterocycles. The SMILES string of the molecule is O=C(c1nc(-c2cccs2)n(-c2ccc(F)cc2)n1)N(Cc1ccco1)Cc1cccs1. The van der Waals surface area contributed by atoms with Crippen LogP contribution in [0.3, 0.4) is 0 Å². The summed E-state index contributed by atoms with van der Waals surface area (Å²) in [5.41, 5.74) is 0.622. The van der Waals surface area contributed by atoms with E-state index in [-0.39, 0.29) is 17.5 Å². The predicted molar refractivity (Wildman–Crippen MR) is 121 cm³/mol. The first-order valence-electron chi connectivity index (χ1n) is 9.78. The van der Waals surface area contributed by atoms with Crippen LogP contribution in [0, 0.1) is 5.82 Å². The number of hydrogen-bond donors (Lipinski definition) is 0. The van der Waals surface area contributed by atoms with Crippen LogP contribution in [-0.2, 0) is 13.1 Å². The van der Waals surface area contributed by atoms with Gasteiger partial charge in [-0.25, -0.2) is 14.1 Å². The van der Waals surface area contributed by atoms with E-state index in [0.717, 1.165) is 9.75 Å². The molecule has 9 heteroatoms. The van der Waals surface area contributed by atoms with Crippen LogP contribution in [0.15, 0.2) is 82.1 Å². The third-order valence-electron chi connectivity index (χ3n) is 4.75. The summed E-state index contributed by atoms with van der Waals surface area (Å²) < 4.78 is 20.5. The van der Waals surface area contributed by atoms with E-state index in [1.165, 1.54) is 23.5 Å². The van der Waals surface area contributed by atoms with Crippen LogP contribution in [0.1, 0.15) is 21.3 Å². The van der Waals surface area contributed by atoms with E-state index < -0.39 is 0 Å². The van der Waals surface area contributed by atoms with Gasteiger partial charge in [-0.15, -0.1) is 27.8 Å². The zero-order chi connectivity index (χ0) is 21.9. The first-order chi connectivity index (χ1) is 15.7. The molecular weight excluding hydrogens is 447 g/mol. The standard InChI is InChI=1S/C23H17FN4O2S2/c24-16-7-9-17(10-8-16)28-22(20-6-3-13-32-20)25-21(26-28)23(29)27(14-18-4-1-11-30-18)15-19-5-2-12-31-19/h1-13H,14-15H2. The number of carbonyl (C=O) groups is 1. The molecule has 0 radical (unpaired) electrons. The molecule has 0 N–H and O–H groups in total. The molecule has 1 aromatic carbocycles. The van der Waals surface area contributed by atoms with Crippen molar-refractivity contribution in [1.82, 2.24) is 19.7 Å². The number of aromatic nitrogens is 3. The summed E-state index contributed by atoms with van der Waals surface area (Å²) in [6, 6.07) is 17.3. The van der Waals surface area contributed by atoms with E-state index in [0.29, 0.717) is 30.4 Å². The van der Waals surface area contributed by atoms with Gasteiger partial charge in [0, 0.05) is 4.88 Å². The third-order valence-corrected chi connectivity index (χ3v) is 6.48. The average Bonchev–Trinajstić information content (AvgIpc) is 3.61. The Morgan fingerprint density at radius 2 is 1.81 bits per heavy atom. The van der Waals surface area contributed by atoms with E-state index in [2.05, 4.69) is 10.1 Å². The Morgan fingerprint density at radius 3 is 2.50 bits per heavy atom. The Hall–Kier alpha value is -3.56. The summed E-state index contributed by atoms with van der Waals surface area (Å²) in [6.07, 6.45) is 1.58. The van der Waals surface area contributed by atoms with Crippen molar-refractivity contribution in [2.75, 3.05) is 0 Å². The molecule has 0 atom stereocenters. The van der Waals surface area contributed by atoms with E-state index in [4.69, 9.17) is 4.42 Å². The van der Waals surface area contributed by atoms with Crippen molar-refractivity contribution in [3.8, 4) is 16.4 Å². The lowest BCUT2D eigenvalue weighted by atomic mass is 10.3. The smallest absolute Gasteiger partial charge is 0.294 e. The van der Waals surface area contributed by atoms with Crippen LogP contribution in [0.4, 0.5) is 4.39 Å². The summed E-state index contributed by atoms with van der Waals surface area (Å²) >= 11 is 3.07. The normalized spacial score (nSPS) is 11.0. The van der Waals surface area contributed by atoms with Gasteiger partial charge >= 0.3 is 0 Å². The first kappa shape index (κ1) is 20.3. The third kappa shape index (κ3) is 4.25. The van der Waals surface area contributed by atoms with Gasteiger partial charge in [-0.2, -0.15) is 0 Å². The molecule has 0 saturated carbocycles. The van der Waals surface area contributed by atoms with E-state index in [9.17, 15) is 9.18 Å². The number of nitrogens with zero attached hydrogens (tertiary/aromatic N) is 4. The molecule has 160 valence electrons. The molecule has 0 bridgehead atoms. The number of rotatable bonds is 7. The van der Waals surface area contributed by atoms with Crippen LogP contribution >= 0.6 is 22.7 Å². The Balaban J connectivity index is 1.53. The molecule has 32 heavy (non-hydrogen) atoms. The van der Waals surface area contributed by atoms with Gasteiger partial charge in [0.05, 0.1) is 29.9 Å². The fourth-order valence-electron chi connectivity index (χ4n) is 3.25. The number of benzene rings is 1. The van der Waals surface area contributed by atoms with Crippen molar-refractivity contribution in [2.24, 2.45) is 0 Å². The minimum atomic E-state index is -0.344. The minimum absolute atomic E-state index is 0.0702. The molecule has 6 nitrogen and oxygen atoms in total. The van der Waals surface area contributed by atoms with Crippen LogP contribution < -0.4 is 0 Å². The Morgan fingerprint density at radius 1 is 1.00 bits per heavy atom. The lowest BCUT2D eigenvalue weighted by Crippen LogP contribution is -2.30. The van der Waals surface area contributed by atoms with Gasteiger partial charge < -0.3 is 9.32 Å². The van der Waals surface area contributed by atoms with E-state index in [1.54, 1.807) is 45.4 Å². The Bertz CT molecular complexity index is 1260. The largest absolute Gasteiger partial charge is 0.467 e. The van der Waals surface area contributed by atoms with Crippen molar-refractivity contribution in [1.29, 1.82) is 0 Å². The second kappa shape index (κ2) is 8.89. The fraction of sp³-hybridized carbons (Fsp3) is 0.0870. The monoisotopic (exact) mass is 464 g/mol. The molecule has 4 aromatic heterocycles. The van der Waals surface area contributed by atoms with E-state index in [1.807, 2.05) is 41.1 Å². The maximum atomic E-state index is 13.5. The van der Waals surface area contributed by atoms with Gasteiger partial charge in [-0.1, -0.05) is 12.1 Å². The quantitative estimate of drug-likeness (QED) is 0.313. The number of hydrogen-bond acceptors (Lipinski definition) is 6. The zero-order valence-electron chi connectivity index (χ0n) is 16.7. The van der Waals surface area contributed by atoms with Crippen molar-refractivity contribution in [3.05, 3.63) is 100.0 Å². The topological polar surface area (TPSA) is 64.2 Å². The van der Waals surface area contributed by atoms with Gasteiger partial charge in [0.2, 0.25) is 5.82 Å². The number of thiophene rings is 2. The average molecular weight is 465 g/mol. The number of carbonyl (C=O) groups excluding carboxylic acids is 1. The molecule has 0 aliphatic carbocycles. The van der Waals surface area contributed by atoms with Gasteiger partial charge in [0.15, 0.2) is 5.82 Å². The van der Waals surface area contributed by atoms with Crippen molar-refractivity contribution < 1.29 is 13.6 Å². The molecule has 0 aliphatic heterocycles. The van der Waals surface area contributed by atoms with Crippen molar-refractivity contribution in [2.45, 2.75) is 13.1 Å². The molecule has 5 rings (SSSR count). The predicted octanol–water partition coefficient (Wildman–Crippen LogP) is 5.63. The van der Waals surface area contributed by atoms with Gasteiger partial charge in [0.1, 0.15) is 11.6 Å². The molecule has 5 aromatic rings. The first-order valence-corrected chi connectivity index (χ1v) is 11.5. The summed E-state index contributed by atoms with van der Waals surface area (Å²) in [4.78, 5) is 21.7. The van der Waals surface area contributed by atoms with Gasteiger partial charge in [0.25, 0.3) is 5.91 Å². The lowest BCUT2D eigenvalue weighted by molar-refractivity contribution is 0.0707. The van der Waals surface area contributed by atoms with E-state index >= 15 is 0 Å². The highest BCUT2D eigenvalue weighted by Gasteiger charge is 2.25. The van der Waals surface area contributed by atoms with Crippen LogP contribution in [0.5, 0.6) is 0 Å². The summed E-state index contributed by atoms with van der Waals surface area (Å²) in [7, 11) is 0. The zero-order valence-corrected chi connectivity index (χ0v) is 18.4. The highest BCUT2D eigenvalue weighted by atomic mass is 32.1. The molecule has 0 spiro atoms. The van der Waals surface area contributed by atoms with Crippen molar-refractivity contribution in [3.63, 3.8) is 0 Å². The Kier molecular flexibility index (Phi) is 5.66. The second-order valence-electron chi connectivity index (χ2n) is 6.94. The molecule has 0 saturated heterocycles. The summed E-state index contributed by atoms with van der Waals surface area (Å²) in [5, 5.41) is 8.42. The second-order valence-corrected chi connectivity index (χ2v) is 8.92. The highest BCUT2D eigenvalue weighted by Crippen LogP contribution is 2.26. The highest BCUT2D eigenvalue weighted by molar-refractivity contribution is 7.13. The molecule has 0 fully saturated rings. The molecule has 1 amide bonds. The van der Waals surface area contributed by atoms with Crippen LogP contribution in [-0.4, -0.2) is 25.6 Å².